The van der Waals surface area contributed by atoms with E-state index in [0.717, 1.165) is 43.1 Å². The highest BCUT2D eigenvalue weighted by molar-refractivity contribution is 6.06. The summed E-state index contributed by atoms with van der Waals surface area (Å²) in [5.41, 5.74) is 3.97. The van der Waals surface area contributed by atoms with Crippen LogP contribution in [-0.2, 0) is 0 Å². The third kappa shape index (κ3) is 5.54. The minimum absolute atomic E-state index is 0.0264. The number of amides is 1. The number of aromatic nitrogens is 2. The monoisotopic (exact) mass is 534 g/mol. The number of rotatable bonds is 7. The van der Waals surface area contributed by atoms with Crippen LogP contribution in [0.15, 0.2) is 97.3 Å². The van der Waals surface area contributed by atoms with E-state index < -0.39 is 0 Å². The molecule has 40 heavy (non-hydrogen) atoms. The second kappa shape index (κ2) is 12.1. The SMILES string of the molecule is COc1cccc(N(C(=O)c2ccc(-n3cccn3)cc2)C2CCN([C@@H]3CCCC[C@@H]3c3ccccc3)CC2)c1. The van der Waals surface area contributed by atoms with Crippen molar-refractivity contribution in [1.29, 1.82) is 0 Å². The highest BCUT2D eigenvalue weighted by Gasteiger charge is 2.36. The number of piperidine rings is 1. The van der Waals surface area contributed by atoms with E-state index >= 15 is 0 Å². The van der Waals surface area contributed by atoms with Crippen molar-refractivity contribution in [2.45, 2.75) is 56.5 Å². The Morgan fingerprint density at radius 2 is 1.65 bits per heavy atom. The van der Waals surface area contributed by atoms with Crippen LogP contribution in [0.5, 0.6) is 5.75 Å². The first-order valence-corrected chi connectivity index (χ1v) is 14.6. The summed E-state index contributed by atoms with van der Waals surface area (Å²) in [4.78, 5) is 18.8. The molecule has 1 aliphatic carbocycles. The van der Waals surface area contributed by atoms with Crippen LogP contribution in [0, 0.1) is 0 Å². The molecule has 2 aliphatic rings. The number of ether oxygens (including phenoxy) is 1. The number of hydrogen-bond acceptors (Lipinski definition) is 4. The Bertz CT molecular complexity index is 1380. The fraction of sp³-hybridized carbons (Fsp3) is 0.353. The zero-order chi connectivity index (χ0) is 27.3. The van der Waals surface area contributed by atoms with Crippen molar-refractivity contribution in [3.8, 4) is 11.4 Å². The highest BCUT2D eigenvalue weighted by Crippen LogP contribution is 2.38. The van der Waals surface area contributed by atoms with E-state index in [1.165, 1.54) is 31.2 Å². The zero-order valence-corrected chi connectivity index (χ0v) is 23.2. The number of nitrogens with zero attached hydrogens (tertiary/aromatic N) is 4. The van der Waals surface area contributed by atoms with Crippen LogP contribution in [0.4, 0.5) is 5.69 Å². The zero-order valence-electron chi connectivity index (χ0n) is 23.2. The van der Waals surface area contributed by atoms with E-state index in [1.807, 2.05) is 65.7 Å². The van der Waals surface area contributed by atoms with E-state index in [0.29, 0.717) is 17.5 Å². The summed E-state index contributed by atoms with van der Waals surface area (Å²) < 4.78 is 7.33. The number of methoxy groups -OCH3 is 1. The van der Waals surface area contributed by atoms with Crippen molar-refractivity contribution >= 4 is 11.6 Å². The van der Waals surface area contributed by atoms with Crippen molar-refractivity contribution in [1.82, 2.24) is 14.7 Å². The normalized spacial score (nSPS) is 20.2. The molecule has 0 radical (unpaired) electrons. The smallest absolute Gasteiger partial charge is 0.258 e. The van der Waals surface area contributed by atoms with E-state index in [9.17, 15) is 4.79 Å². The Kier molecular flexibility index (Phi) is 7.96. The first kappa shape index (κ1) is 26.3. The lowest BCUT2D eigenvalue weighted by Gasteiger charge is -2.45. The quantitative estimate of drug-likeness (QED) is 0.264. The van der Waals surface area contributed by atoms with Gasteiger partial charge in [0.2, 0.25) is 0 Å². The standard InChI is InChI=1S/C34H38N4O2/c1-40-31-12-7-11-30(25-31)38(34(39)27-15-17-28(18-16-27)37-22-8-21-35-37)29-19-23-36(24-20-29)33-14-6-5-13-32(33)26-9-3-2-4-10-26/h2-4,7-12,15-18,21-22,25,29,32-33H,5-6,13-14,19-20,23-24H2,1H3/t32-,33-/m1/s1. The summed E-state index contributed by atoms with van der Waals surface area (Å²) in [6.45, 7) is 2.01. The summed E-state index contributed by atoms with van der Waals surface area (Å²) in [5, 5.41) is 4.31. The molecule has 6 nitrogen and oxygen atoms in total. The van der Waals surface area contributed by atoms with Crippen LogP contribution in [0.1, 0.15) is 60.4 Å². The molecular formula is C34H38N4O2. The number of anilines is 1. The number of hydrogen-bond donors (Lipinski definition) is 0. The molecule has 0 bridgehead atoms. The lowest BCUT2D eigenvalue weighted by molar-refractivity contribution is 0.0895. The summed E-state index contributed by atoms with van der Waals surface area (Å²) in [7, 11) is 1.67. The number of benzene rings is 3. The molecule has 1 amide bonds. The van der Waals surface area contributed by atoms with Gasteiger partial charge in [-0.2, -0.15) is 5.10 Å². The second-order valence-electron chi connectivity index (χ2n) is 11.0. The number of carbonyl (C=O) groups excluding carboxylic acids is 1. The summed E-state index contributed by atoms with van der Waals surface area (Å²) in [6, 6.07) is 29.3. The fourth-order valence-electron chi connectivity index (χ4n) is 6.68. The van der Waals surface area contributed by atoms with Crippen molar-refractivity contribution in [2.75, 3.05) is 25.1 Å². The minimum atomic E-state index is 0.0264. The number of likely N-dealkylation sites (tertiary alicyclic amines) is 1. The predicted octanol–water partition coefficient (Wildman–Crippen LogP) is 6.72. The van der Waals surface area contributed by atoms with E-state index in [2.05, 4.69) is 40.3 Å². The third-order valence-electron chi connectivity index (χ3n) is 8.72. The molecule has 1 aliphatic heterocycles. The molecule has 0 N–H and O–H groups in total. The van der Waals surface area contributed by atoms with Crippen molar-refractivity contribution in [3.63, 3.8) is 0 Å². The lowest BCUT2D eigenvalue weighted by Crippen LogP contribution is -2.51. The maximum Gasteiger partial charge on any atom is 0.258 e. The Morgan fingerprint density at radius 3 is 2.38 bits per heavy atom. The highest BCUT2D eigenvalue weighted by atomic mass is 16.5. The van der Waals surface area contributed by atoms with Gasteiger partial charge in [0.1, 0.15) is 5.75 Å². The average Bonchev–Trinajstić information content (AvgIpc) is 3.58. The van der Waals surface area contributed by atoms with Gasteiger partial charge in [-0.05, 0) is 79.6 Å². The Morgan fingerprint density at radius 1 is 0.875 bits per heavy atom. The van der Waals surface area contributed by atoms with Gasteiger partial charge in [-0.3, -0.25) is 9.69 Å². The fourth-order valence-corrected chi connectivity index (χ4v) is 6.68. The van der Waals surface area contributed by atoms with Gasteiger partial charge in [-0.1, -0.05) is 49.2 Å². The van der Waals surface area contributed by atoms with Crippen molar-refractivity contribution in [2.24, 2.45) is 0 Å². The molecule has 1 saturated heterocycles. The molecule has 1 aromatic heterocycles. The van der Waals surface area contributed by atoms with Crippen molar-refractivity contribution < 1.29 is 9.53 Å². The van der Waals surface area contributed by atoms with E-state index in [-0.39, 0.29) is 11.9 Å². The molecule has 6 rings (SSSR count). The van der Waals surface area contributed by atoms with Crippen LogP contribution >= 0.6 is 0 Å². The Balaban J connectivity index is 1.22. The molecule has 0 unspecified atom stereocenters. The molecule has 2 fully saturated rings. The van der Waals surface area contributed by atoms with Gasteiger partial charge in [0.25, 0.3) is 5.91 Å². The maximum atomic E-state index is 14.1. The van der Waals surface area contributed by atoms with Crippen molar-refractivity contribution in [3.05, 3.63) is 108 Å². The van der Waals surface area contributed by atoms with Gasteiger partial charge in [0.15, 0.2) is 0 Å². The van der Waals surface area contributed by atoms with Gasteiger partial charge in [0.05, 0.1) is 12.8 Å². The summed E-state index contributed by atoms with van der Waals surface area (Å²) >= 11 is 0. The second-order valence-corrected chi connectivity index (χ2v) is 11.0. The van der Waals surface area contributed by atoms with Gasteiger partial charge < -0.3 is 9.64 Å². The third-order valence-corrected chi connectivity index (χ3v) is 8.72. The van der Waals surface area contributed by atoms with Gasteiger partial charge >= 0.3 is 0 Å². The molecule has 4 aromatic rings. The molecule has 2 atom stereocenters. The minimum Gasteiger partial charge on any atom is -0.497 e. The Hall–Kier alpha value is -3.90. The van der Waals surface area contributed by atoms with Crippen LogP contribution in [0.25, 0.3) is 5.69 Å². The molecule has 1 saturated carbocycles. The van der Waals surface area contributed by atoms with Gasteiger partial charge in [0, 0.05) is 54.9 Å². The molecule has 0 spiro atoms. The first-order chi connectivity index (χ1) is 19.7. The molecule has 6 heteroatoms. The van der Waals surface area contributed by atoms with Crippen LogP contribution < -0.4 is 9.64 Å². The topological polar surface area (TPSA) is 50.6 Å². The molecular weight excluding hydrogens is 496 g/mol. The first-order valence-electron chi connectivity index (χ1n) is 14.6. The van der Waals surface area contributed by atoms with Crippen LogP contribution in [0.3, 0.4) is 0 Å². The summed E-state index contributed by atoms with van der Waals surface area (Å²) in [5.74, 6) is 1.38. The number of carbonyl (C=O) groups is 1. The molecule has 206 valence electrons. The van der Waals surface area contributed by atoms with E-state index in [4.69, 9.17) is 4.74 Å². The maximum absolute atomic E-state index is 14.1. The summed E-state index contributed by atoms with van der Waals surface area (Å²) in [6.07, 6.45) is 10.7. The molecule has 3 aromatic carbocycles. The average molecular weight is 535 g/mol. The lowest BCUT2D eigenvalue weighted by atomic mass is 9.78. The van der Waals surface area contributed by atoms with Crippen LogP contribution in [-0.4, -0.2) is 52.9 Å². The Labute approximate surface area is 237 Å². The van der Waals surface area contributed by atoms with Crippen LogP contribution in [0.2, 0.25) is 0 Å². The molecule has 2 heterocycles. The van der Waals surface area contributed by atoms with E-state index in [1.54, 1.807) is 18.0 Å². The van der Waals surface area contributed by atoms with Gasteiger partial charge in [-0.15, -0.1) is 0 Å². The van der Waals surface area contributed by atoms with Gasteiger partial charge in [-0.25, -0.2) is 4.68 Å². The largest absolute Gasteiger partial charge is 0.497 e. The predicted molar refractivity (Wildman–Crippen MR) is 159 cm³/mol.